The van der Waals surface area contributed by atoms with Crippen LogP contribution in [0.4, 0.5) is 5.82 Å². The first-order valence-electron chi connectivity index (χ1n) is 8.74. The highest BCUT2D eigenvalue weighted by atomic mass is 32.2. The minimum Gasteiger partial charge on any atom is -0.353 e. The number of hydrogen-bond acceptors (Lipinski definition) is 5. The normalized spacial score (nSPS) is 18.4. The molecular weight excluding hydrogens is 350 g/mol. The van der Waals surface area contributed by atoms with Crippen LogP contribution in [0.25, 0.3) is 0 Å². The fraction of sp³-hybridized carbons (Fsp3) is 0.368. The molecule has 1 unspecified atom stereocenters. The SMILES string of the molecule is CCN(c1cc(C(=O)NCc2ccccc2)ccn1)C1CCS(=O)(=O)C1. The number of nitrogens with one attached hydrogen (secondary N) is 1. The number of nitrogens with zero attached hydrogens (tertiary/aromatic N) is 2. The maximum absolute atomic E-state index is 12.5. The molecule has 3 rings (SSSR count). The predicted octanol–water partition coefficient (Wildman–Crippen LogP) is 2.03. The van der Waals surface area contributed by atoms with Crippen molar-refractivity contribution in [2.24, 2.45) is 0 Å². The zero-order chi connectivity index (χ0) is 18.6. The quantitative estimate of drug-likeness (QED) is 0.838. The number of pyridine rings is 1. The number of sulfone groups is 1. The van der Waals surface area contributed by atoms with Crippen molar-refractivity contribution in [3.63, 3.8) is 0 Å². The average molecular weight is 373 g/mol. The van der Waals surface area contributed by atoms with Gasteiger partial charge < -0.3 is 10.2 Å². The molecule has 0 spiro atoms. The first-order chi connectivity index (χ1) is 12.5. The van der Waals surface area contributed by atoms with E-state index in [1.165, 1.54) is 0 Å². The topological polar surface area (TPSA) is 79.4 Å². The summed E-state index contributed by atoms with van der Waals surface area (Å²) in [7, 11) is -2.97. The van der Waals surface area contributed by atoms with E-state index < -0.39 is 9.84 Å². The number of benzene rings is 1. The van der Waals surface area contributed by atoms with Gasteiger partial charge in [-0.15, -0.1) is 0 Å². The third-order valence-corrected chi connectivity index (χ3v) is 6.34. The molecular formula is C19H23N3O3S. The third-order valence-electron chi connectivity index (χ3n) is 4.59. The molecule has 1 aliphatic heterocycles. The van der Waals surface area contributed by atoms with Crippen LogP contribution in [0.3, 0.4) is 0 Å². The van der Waals surface area contributed by atoms with Crippen molar-refractivity contribution in [2.75, 3.05) is 23.0 Å². The van der Waals surface area contributed by atoms with Crippen LogP contribution >= 0.6 is 0 Å². The molecule has 1 fully saturated rings. The van der Waals surface area contributed by atoms with Crippen LogP contribution in [0.5, 0.6) is 0 Å². The number of carbonyl (C=O) groups is 1. The van der Waals surface area contributed by atoms with Crippen molar-refractivity contribution >= 4 is 21.6 Å². The van der Waals surface area contributed by atoms with Crippen molar-refractivity contribution in [3.05, 3.63) is 59.8 Å². The first kappa shape index (κ1) is 18.4. The lowest BCUT2D eigenvalue weighted by atomic mass is 10.2. The van der Waals surface area contributed by atoms with Crippen LogP contribution in [0.2, 0.25) is 0 Å². The lowest BCUT2D eigenvalue weighted by Gasteiger charge is -2.28. The van der Waals surface area contributed by atoms with Crippen molar-refractivity contribution in [3.8, 4) is 0 Å². The second-order valence-electron chi connectivity index (χ2n) is 6.41. The van der Waals surface area contributed by atoms with Gasteiger partial charge in [0.1, 0.15) is 5.82 Å². The van der Waals surface area contributed by atoms with Gasteiger partial charge in [-0.05, 0) is 31.0 Å². The fourth-order valence-corrected chi connectivity index (χ4v) is 4.96. The van der Waals surface area contributed by atoms with Crippen LogP contribution < -0.4 is 10.2 Å². The Hall–Kier alpha value is -2.41. The molecule has 0 saturated carbocycles. The molecule has 1 N–H and O–H groups in total. The Morgan fingerprint density at radius 3 is 2.69 bits per heavy atom. The van der Waals surface area contributed by atoms with E-state index in [-0.39, 0.29) is 23.5 Å². The molecule has 1 atom stereocenters. The van der Waals surface area contributed by atoms with Gasteiger partial charge in [0.15, 0.2) is 9.84 Å². The van der Waals surface area contributed by atoms with Gasteiger partial charge in [-0.25, -0.2) is 13.4 Å². The Morgan fingerprint density at radius 1 is 1.27 bits per heavy atom. The minimum absolute atomic E-state index is 0.0832. The molecule has 1 aromatic heterocycles. The lowest BCUT2D eigenvalue weighted by Crippen LogP contribution is -2.37. The van der Waals surface area contributed by atoms with Crippen molar-refractivity contribution in [2.45, 2.75) is 25.9 Å². The predicted molar refractivity (Wildman–Crippen MR) is 102 cm³/mol. The van der Waals surface area contributed by atoms with E-state index in [9.17, 15) is 13.2 Å². The number of amides is 1. The van der Waals surface area contributed by atoms with Gasteiger partial charge in [0.05, 0.1) is 11.5 Å². The lowest BCUT2D eigenvalue weighted by molar-refractivity contribution is 0.0951. The van der Waals surface area contributed by atoms with Crippen LogP contribution in [-0.2, 0) is 16.4 Å². The van der Waals surface area contributed by atoms with Crippen LogP contribution in [-0.4, -0.2) is 43.4 Å². The summed E-state index contributed by atoms with van der Waals surface area (Å²) in [5.74, 6) is 0.827. The summed E-state index contributed by atoms with van der Waals surface area (Å²) in [5.41, 5.74) is 1.55. The second kappa shape index (κ2) is 7.86. The molecule has 2 heterocycles. The Balaban J connectivity index is 1.71. The maximum Gasteiger partial charge on any atom is 0.251 e. The van der Waals surface area contributed by atoms with Gasteiger partial charge >= 0.3 is 0 Å². The summed E-state index contributed by atoms with van der Waals surface area (Å²) in [6.07, 6.45) is 2.20. The Bertz CT molecular complexity index is 869. The molecule has 1 aliphatic rings. The van der Waals surface area contributed by atoms with E-state index >= 15 is 0 Å². The molecule has 1 aromatic carbocycles. The van der Waals surface area contributed by atoms with E-state index in [0.29, 0.717) is 30.9 Å². The molecule has 0 bridgehead atoms. The average Bonchev–Trinajstić information content (AvgIpc) is 3.01. The van der Waals surface area contributed by atoms with E-state index in [1.807, 2.05) is 42.2 Å². The van der Waals surface area contributed by atoms with E-state index in [0.717, 1.165) is 5.56 Å². The molecule has 2 aromatic rings. The molecule has 0 aliphatic carbocycles. The van der Waals surface area contributed by atoms with E-state index in [1.54, 1.807) is 18.3 Å². The summed E-state index contributed by atoms with van der Waals surface area (Å²) in [6.45, 7) is 3.06. The largest absolute Gasteiger partial charge is 0.353 e. The van der Waals surface area contributed by atoms with Crippen molar-refractivity contribution in [1.29, 1.82) is 0 Å². The Kier molecular flexibility index (Phi) is 5.56. The molecule has 7 heteroatoms. The van der Waals surface area contributed by atoms with Gasteiger partial charge in [-0.3, -0.25) is 4.79 Å². The number of anilines is 1. The van der Waals surface area contributed by atoms with Crippen molar-refractivity contribution < 1.29 is 13.2 Å². The summed E-state index contributed by atoms with van der Waals surface area (Å²) in [4.78, 5) is 18.8. The Morgan fingerprint density at radius 2 is 2.04 bits per heavy atom. The monoisotopic (exact) mass is 373 g/mol. The molecule has 1 saturated heterocycles. The van der Waals surface area contributed by atoms with E-state index in [2.05, 4.69) is 10.3 Å². The Labute approximate surface area is 154 Å². The highest BCUT2D eigenvalue weighted by molar-refractivity contribution is 7.91. The van der Waals surface area contributed by atoms with Gasteiger partial charge in [0, 0.05) is 30.9 Å². The molecule has 0 radical (unpaired) electrons. The fourth-order valence-electron chi connectivity index (χ4n) is 3.23. The van der Waals surface area contributed by atoms with E-state index in [4.69, 9.17) is 0 Å². The summed E-state index contributed by atoms with van der Waals surface area (Å²) in [5, 5.41) is 2.90. The highest BCUT2D eigenvalue weighted by Gasteiger charge is 2.32. The summed E-state index contributed by atoms with van der Waals surface area (Å²) < 4.78 is 23.6. The highest BCUT2D eigenvalue weighted by Crippen LogP contribution is 2.23. The van der Waals surface area contributed by atoms with Gasteiger partial charge in [-0.1, -0.05) is 30.3 Å². The molecule has 1 amide bonds. The standard InChI is InChI=1S/C19H23N3O3S/c1-2-22(17-9-11-26(24,25)14-17)18-12-16(8-10-20-18)19(23)21-13-15-6-4-3-5-7-15/h3-8,10,12,17H,2,9,11,13-14H2,1H3,(H,21,23). The molecule has 26 heavy (non-hydrogen) atoms. The van der Waals surface area contributed by atoms with Gasteiger partial charge in [0.25, 0.3) is 5.91 Å². The van der Waals surface area contributed by atoms with Gasteiger partial charge in [0.2, 0.25) is 0 Å². The van der Waals surface area contributed by atoms with Crippen LogP contribution in [0.1, 0.15) is 29.3 Å². The minimum atomic E-state index is -2.97. The number of carbonyl (C=O) groups excluding carboxylic acids is 1. The second-order valence-corrected chi connectivity index (χ2v) is 8.64. The van der Waals surface area contributed by atoms with Crippen molar-refractivity contribution in [1.82, 2.24) is 10.3 Å². The van der Waals surface area contributed by atoms with Crippen LogP contribution in [0.15, 0.2) is 48.7 Å². The molecule has 138 valence electrons. The summed E-state index contributed by atoms with van der Waals surface area (Å²) in [6, 6.07) is 13.0. The summed E-state index contributed by atoms with van der Waals surface area (Å²) >= 11 is 0. The molecule has 6 nitrogen and oxygen atoms in total. The zero-order valence-corrected chi connectivity index (χ0v) is 15.6. The van der Waals surface area contributed by atoms with Crippen LogP contribution in [0, 0.1) is 0 Å². The van der Waals surface area contributed by atoms with Gasteiger partial charge in [-0.2, -0.15) is 0 Å². The smallest absolute Gasteiger partial charge is 0.251 e. The number of aromatic nitrogens is 1. The zero-order valence-electron chi connectivity index (χ0n) is 14.8. The maximum atomic E-state index is 12.5. The number of hydrogen-bond donors (Lipinski definition) is 1. The number of rotatable bonds is 6. The first-order valence-corrected chi connectivity index (χ1v) is 10.6. The third kappa shape index (κ3) is 4.40.